The number of amides is 2. The van der Waals surface area contributed by atoms with Crippen LogP contribution in [0, 0.1) is 0 Å². The quantitative estimate of drug-likeness (QED) is 0.675. The molecule has 0 saturated carbocycles. The maximum Gasteiger partial charge on any atom is 0.305 e. The van der Waals surface area contributed by atoms with Crippen LogP contribution in [0.3, 0.4) is 0 Å². The van der Waals surface area contributed by atoms with Crippen LogP contribution in [0.15, 0.2) is 52.9 Å². The highest BCUT2D eigenvalue weighted by Gasteiger charge is 2.15. The van der Waals surface area contributed by atoms with Crippen LogP contribution in [0.4, 0.5) is 0 Å². The Kier molecular flexibility index (Phi) is 5.30. The Morgan fingerprint density at radius 2 is 1.70 bits per heavy atom. The molecule has 2 amide bonds. The molecule has 0 bridgehead atoms. The third kappa shape index (κ3) is 4.20. The summed E-state index contributed by atoms with van der Waals surface area (Å²) in [7, 11) is 1.49. The minimum Gasteiger partial charge on any atom is -0.493 e. The van der Waals surface area contributed by atoms with Gasteiger partial charge in [-0.05, 0) is 44.2 Å². The van der Waals surface area contributed by atoms with Gasteiger partial charge in [0.25, 0.3) is 5.91 Å². The molecule has 0 radical (unpaired) electrons. The molecule has 3 rings (SSSR count). The van der Waals surface area contributed by atoms with Gasteiger partial charge in [-0.2, -0.15) is 0 Å². The highest BCUT2D eigenvalue weighted by molar-refractivity contribution is 6.00. The van der Waals surface area contributed by atoms with Crippen molar-refractivity contribution in [1.29, 1.82) is 0 Å². The summed E-state index contributed by atoms with van der Waals surface area (Å²) in [6, 6.07) is 13.6. The number of methoxy groups -OCH3 is 1. The van der Waals surface area contributed by atoms with Gasteiger partial charge < -0.3 is 13.9 Å². The van der Waals surface area contributed by atoms with Crippen molar-refractivity contribution in [2.24, 2.45) is 0 Å². The number of rotatable bonds is 5. The second-order valence-electron chi connectivity index (χ2n) is 6.09. The molecule has 0 atom stereocenters. The molecular formula is C20H20N2O5. The van der Waals surface area contributed by atoms with Crippen LogP contribution < -0.4 is 20.3 Å². The van der Waals surface area contributed by atoms with Gasteiger partial charge in [-0.15, -0.1) is 0 Å². The molecule has 0 aliphatic carbocycles. The fourth-order valence-electron chi connectivity index (χ4n) is 2.50. The predicted octanol–water partition coefficient (Wildman–Crippen LogP) is 3.30. The Morgan fingerprint density at radius 1 is 0.963 bits per heavy atom. The molecular weight excluding hydrogens is 348 g/mol. The lowest BCUT2D eigenvalue weighted by Crippen LogP contribution is -2.41. The van der Waals surface area contributed by atoms with Gasteiger partial charge in [0, 0.05) is 10.9 Å². The SMILES string of the molecule is COc1cc(C(=O)NNC(=O)c2cc3ccccc3o2)ccc1OC(C)C. The second-order valence-corrected chi connectivity index (χ2v) is 6.09. The predicted molar refractivity (Wildman–Crippen MR) is 99.9 cm³/mol. The van der Waals surface area contributed by atoms with Crippen molar-refractivity contribution in [3.8, 4) is 11.5 Å². The van der Waals surface area contributed by atoms with Gasteiger partial charge in [-0.1, -0.05) is 18.2 Å². The Balaban J connectivity index is 1.67. The fourth-order valence-corrected chi connectivity index (χ4v) is 2.50. The maximum atomic E-state index is 12.3. The number of benzene rings is 2. The average Bonchev–Trinajstić information content (AvgIpc) is 3.10. The summed E-state index contributed by atoms with van der Waals surface area (Å²) in [5, 5.41) is 0.805. The Morgan fingerprint density at radius 3 is 2.41 bits per heavy atom. The first-order valence-electron chi connectivity index (χ1n) is 8.42. The smallest absolute Gasteiger partial charge is 0.305 e. The van der Waals surface area contributed by atoms with Crippen LogP contribution in [0.5, 0.6) is 11.5 Å². The monoisotopic (exact) mass is 368 g/mol. The van der Waals surface area contributed by atoms with E-state index < -0.39 is 11.8 Å². The minimum absolute atomic E-state index is 0.0262. The summed E-state index contributed by atoms with van der Waals surface area (Å²) in [6.45, 7) is 3.79. The van der Waals surface area contributed by atoms with Gasteiger partial charge >= 0.3 is 5.91 Å². The van der Waals surface area contributed by atoms with Crippen molar-refractivity contribution in [3.05, 3.63) is 59.9 Å². The van der Waals surface area contributed by atoms with Crippen molar-refractivity contribution in [1.82, 2.24) is 10.9 Å². The molecule has 1 heterocycles. The van der Waals surface area contributed by atoms with E-state index in [-0.39, 0.29) is 11.9 Å². The first kappa shape index (κ1) is 18.3. The van der Waals surface area contributed by atoms with Crippen LogP contribution in [-0.4, -0.2) is 25.0 Å². The molecule has 0 saturated heterocycles. The van der Waals surface area contributed by atoms with E-state index in [1.54, 1.807) is 30.3 Å². The Bertz CT molecular complexity index is 944. The van der Waals surface area contributed by atoms with Crippen LogP contribution in [-0.2, 0) is 0 Å². The zero-order chi connectivity index (χ0) is 19.4. The molecule has 0 aliphatic rings. The van der Waals surface area contributed by atoms with Crippen molar-refractivity contribution < 1.29 is 23.5 Å². The number of para-hydroxylation sites is 1. The van der Waals surface area contributed by atoms with E-state index in [1.807, 2.05) is 32.0 Å². The summed E-state index contributed by atoms with van der Waals surface area (Å²) < 4.78 is 16.3. The summed E-state index contributed by atoms with van der Waals surface area (Å²) in [5.74, 6) is 0.0326. The molecule has 7 heteroatoms. The molecule has 0 spiro atoms. The second kappa shape index (κ2) is 7.82. The molecule has 3 aromatic rings. The minimum atomic E-state index is -0.550. The summed E-state index contributed by atoms with van der Waals surface area (Å²) in [6.07, 6.45) is -0.0262. The first-order chi connectivity index (χ1) is 13.0. The number of fused-ring (bicyclic) bond motifs is 1. The number of hydrazine groups is 1. The number of furan rings is 1. The van der Waals surface area contributed by atoms with Gasteiger partial charge in [0.05, 0.1) is 13.2 Å². The topological polar surface area (TPSA) is 89.8 Å². The summed E-state index contributed by atoms with van der Waals surface area (Å²) >= 11 is 0. The number of carbonyl (C=O) groups excluding carboxylic acids is 2. The number of hydrogen-bond acceptors (Lipinski definition) is 5. The number of carbonyl (C=O) groups is 2. The van der Waals surface area contributed by atoms with E-state index in [1.165, 1.54) is 7.11 Å². The molecule has 1 aromatic heterocycles. The molecule has 2 aromatic carbocycles. The summed E-state index contributed by atoms with van der Waals surface area (Å²) in [4.78, 5) is 24.5. The highest BCUT2D eigenvalue weighted by Crippen LogP contribution is 2.28. The van der Waals surface area contributed by atoms with E-state index in [0.29, 0.717) is 22.6 Å². The lowest BCUT2D eigenvalue weighted by Gasteiger charge is -2.14. The average molecular weight is 368 g/mol. The fraction of sp³-hybridized carbons (Fsp3) is 0.200. The normalized spacial score (nSPS) is 10.7. The lowest BCUT2D eigenvalue weighted by atomic mass is 10.2. The molecule has 0 aliphatic heterocycles. The van der Waals surface area contributed by atoms with Gasteiger partial charge in [-0.3, -0.25) is 20.4 Å². The Hall–Kier alpha value is -3.48. The molecule has 27 heavy (non-hydrogen) atoms. The zero-order valence-corrected chi connectivity index (χ0v) is 15.2. The third-order valence-electron chi connectivity index (χ3n) is 3.73. The maximum absolute atomic E-state index is 12.3. The van der Waals surface area contributed by atoms with Crippen LogP contribution in [0.1, 0.15) is 34.8 Å². The number of ether oxygens (including phenoxy) is 2. The standard InChI is InChI=1S/C20H20N2O5/c1-12(2)26-16-9-8-14(11-17(16)25-3)19(23)21-22-20(24)18-10-13-6-4-5-7-15(13)27-18/h4-12H,1-3H3,(H,21,23)(H,22,24). The molecule has 2 N–H and O–H groups in total. The van der Waals surface area contributed by atoms with Crippen molar-refractivity contribution >= 4 is 22.8 Å². The van der Waals surface area contributed by atoms with Gasteiger partial charge in [0.15, 0.2) is 17.3 Å². The third-order valence-corrected chi connectivity index (χ3v) is 3.73. The largest absolute Gasteiger partial charge is 0.493 e. The van der Waals surface area contributed by atoms with Gasteiger partial charge in [-0.25, -0.2) is 0 Å². The van der Waals surface area contributed by atoms with Crippen molar-refractivity contribution in [3.63, 3.8) is 0 Å². The van der Waals surface area contributed by atoms with E-state index in [0.717, 1.165) is 5.39 Å². The molecule has 0 unspecified atom stereocenters. The van der Waals surface area contributed by atoms with Crippen molar-refractivity contribution in [2.45, 2.75) is 20.0 Å². The van der Waals surface area contributed by atoms with Gasteiger partial charge in [0.1, 0.15) is 5.58 Å². The Labute approximate surface area is 156 Å². The van der Waals surface area contributed by atoms with E-state index in [9.17, 15) is 9.59 Å². The van der Waals surface area contributed by atoms with E-state index in [2.05, 4.69) is 10.9 Å². The highest BCUT2D eigenvalue weighted by atomic mass is 16.5. The van der Waals surface area contributed by atoms with Crippen LogP contribution in [0.2, 0.25) is 0 Å². The number of hydrogen-bond donors (Lipinski definition) is 2. The zero-order valence-electron chi connectivity index (χ0n) is 15.2. The van der Waals surface area contributed by atoms with Gasteiger partial charge in [0.2, 0.25) is 0 Å². The van der Waals surface area contributed by atoms with E-state index >= 15 is 0 Å². The summed E-state index contributed by atoms with van der Waals surface area (Å²) in [5.41, 5.74) is 5.61. The molecule has 140 valence electrons. The number of nitrogens with one attached hydrogen (secondary N) is 2. The van der Waals surface area contributed by atoms with Crippen LogP contribution in [0.25, 0.3) is 11.0 Å². The van der Waals surface area contributed by atoms with Crippen molar-refractivity contribution in [2.75, 3.05) is 7.11 Å². The molecule has 0 fully saturated rings. The van der Waals surface area contributed by atoms with E-state index in [4.69, 9.17) is 13.9 Å². The first-order valence-corrected chi connectivity index (χ1v) is 8.42. The van der Waals surface area contributed by atoms with Crippen LogP contribution >= 0.6 is 0 Å². The molecule has 7 nitrogen and oxygen atoms in total. The lowest BCUT2D eigenvalue weighted by molar-refractivity contribution is 0.0832.